The molecule has 1 saturated carbocycles. The van der Waals surface area contributed by atoms with Gasteiger partial charge < -0.3 is 9.80 Å². The molecule has 0 bridgehead atoms. The highest BCUT2D eigenvalue weighted by Gasteiger charge is 2.33. The zero-order chi connectivity index (χ0) is 18.9. The molecule has 2 amide bonds. The number of rotatable bonds is 8. The molecule has 1 aromatic rings. The lowest BCUT2D eigenvalue weighted by atomic mass is 9.80. The maximum atomic E-state index is 13.0. The normalized spacial score (nSPS) is 19.8. The summed E-state index contributed by atoms with van der Waals surface area (Å²) in [6.45, 7) is 8.64. The smallest absolute Gasteiger partial charge is 0.230 e. The van der Waals surface area contributed by atoms with Crippen molar-refractivity contribution >= 4 is 17.5 Å². The molecular formula is C22H34N2O2. The van der Waals surface area contributed by atoms with Crippen molar-refractivity contribution < 1.29 is 9.59 Å². The van der Waals surface area contributed by atoms with Crippen LogP contribution in [0, 0.1) is 11.8 Å². The van der Waals surface area contributed by atoms with E-state index in [-0.39, 0.29) is 17.7 Å². The van der Waals surface area contributed by atoms with E-state index < -0.39 is 0 Å². The highest BCUT2D eigenvalue weighted by Crippen LogP contribution is 2.32. The standard InChI is InChI=1S/C22H34N2O2/c1-4-16-23(17-5-2)21(25)18-12-14-19(15-13-18)22(26)24(6-3)20-10-8-7-9-11-20/h7-11,18-19H,4-6,12-17H2,1-3H3. The van der Waals surface area contributed by atoms with Crippen LogP contribution in [0.5, 0.6) is 0 Å². The maximum absolute atomic E-state index is 13.0. The molecule has 1 aromatic carbocycles. The van der Waals surface area contributed by atoms with E-state index in [9.17, 15) is 9.59 Å². The van der Waals surface area contributed by atoms with Crippen molar-refractivity contribution in [2.45, 2.75) is 59.3 Å². The van der Waals surface area contributed by atoms with Gasteiger partial charge in [0.2, 0.25) is 11.8 Å². The molecule has 0 aliphatic heterocycles. The fourth-order valence-corrected chi connectivity index (χ4v) is 4.01. The molecule has 0 N–H and O–H groups in total. The number of amides is 2. The molecule has 0 atom stereocenters. The number of anilines is 1. The third kappa shape index (κ3) is 5.09. The summed E-state index contributed by atoms with van der Waals surface area (Å²) in [5, 5.41) is 0. The van der Waals surface area contributed by atoms with E-state index in [0.717, 1.165) is 57.3 Å². The summed E-state index contributed by atoms with van der Waals surface area (Å²) in [5.74, 6) is 0.660. The molecule has 0 aromatic heterocycles. The third-order valence-electron chi connectivity index (χ3n) is 5.37. The first-order valence-electron chi connectivity index (χ1n) is 10.3. The second-order valence-corrected chi connectivity index (χ2v) is 7.29. The van der Waals surface area contributed by atoms with Crippen LogP contribution >= 0.6 is 0 Å². The van der Waals surface area contributed by atoms with Gasteiger partial charge in [0.1, 0.15) is 0 Å². The largest absolute Gasteiger partial charge is 0.342 e. The van der Waals surface area contributed by atoms with Gasteiger partial charge in [-0.1, -0.05) is 32.0 Å². The molecule has 1 fully saturated rings. The molecule has 4 nitrogen and oxygen atoms in total. The van der Waals surface area contributed by atoms with E-state index in [2.05, 4.69) is 13.8 Å². The van der Waals surface area contributed by atoms with E-state index in [1.807, 2.05) is 47.1 Å². The lowest BCUT2D eigenvalue weighted by Gasteiger charge is -2.33. The van der Waals surface area contributed by atoms with E-state index >= 15 is 0 Å². The van der Waals surface area contributed by atoms with E-state index in [4.69, 9.17) is 0 Å². The number of carbonyl (C=O) groups excluding carboxylic acids is 2. The summed E-state index contributed by atoms with van der Waals surface area (Å²) in [4.78, 5) is 29.7. The van der Waals surface area contributed by atoms with Crippen LogP contribution < -0.4 is 4.90 Å². The molecule has 0 unspecified atom stereocenters. The maximum Gasteiger partial charge on any atom is 0.230 e. The van der Waals surface area contributed by atoms with Crippen LogP contribution in [-0.4, -0.2) is 36.3 Å². The Morgan fingerprint density at radius 1 is 0.846 bits per heavy atom. The van der Waals surface area contributed by atoms with E-state index in [0.29, 0.717) is 12.5 Å². The van der Waals surface area contributed by atoms with Gasteiger partial charge >= 0.3 is 0 Å². The van der Waals surface area contributed by atoms with Gasteiger partial charge in [-0.25, -0.2) is 0 Å². The van der Waals surface area contributed by atoms with Crippen molar-refractivity contribution in [1.29, 1.82) is 0 Å². The van der Waals surface area contributed by atoms with Gasteiger partial charge in [0.15, 0.2) is 0 Å². The first-order valence-corrected chi connectivity index (χ1v) is 10.3. The van der Waals surface area contributed by atoms with Crippen LogP contribution in [0.15, 0.2) is 30.3 Å². The van der Waals surface area contributed by atoms with Gasteiger partial charge in [-0.15, -0.1) is 0 Å². The van der Waals surface area contributed by atoms with Gasteiger partial charge in [0, 0.05) is 37.2 Å². The Morgan fingerprint density at radius 2 is 1.35 bits per heavy atom. The van der Waals surface area contributed by atoms with Crippen molar-refractivity contribution in [2.75, 3.05) is 24.5 Å². The van der Waals surface area contributed by atoms with Crippen molar-refractivity contribution in [1.82, 2.24) is 4.90 Å². The second-order valence-electron chi connectivity index (χ2n) is 7.29. The monoisotopic (exact) mass is 358 g/mol. The van der Waals surface area contributed by atoms with Gasteiger partial charge in [0.05, 0.1) is 0 Å². The minimum Gasteiger partial charge on any atom is -0.342 e. The van der Waals surface area contributed by atoms with Gasteiger partial charge in [-0.2, -0.15) is 0 Å². The number of hydrogen-bond acceptors (Lipinski definition) is 2. The van der Waals surface area contributed by atoms with Crippen molar-refractivity contribution in [3.05, 3.63) is 30.3 Å². The lowest BCUT2D eigenvalue weighted by Crippen LogP contribution is -2.41. The van der Waals surface area contributed by atoms with Crippen LogP contribution in [0.25, 0.3) is 0 Å². The van der Waals surface area contributed by atoms with Crippen LogP contribution in [0.2, 0.25) is 0 Å². The van der Waals surface area contributed by atoms with Crippen LogP contribution in [0.3, 0.4) is 0 Å². The Bertz CT molecular complexity index is 559. The first-order chi connectivity index (χ1) is 12.6. The highest BCUT2D eigenvalue weighted by atomic mass is 16.2. The third-order valence-corrected chi connectivity index (χ3v) is 5.37. The molecule has 0 heterocycles. The number of benzene rings is 1. The molecule has 26 heavy (non-hydrogen) atoms. The summed E-state index contributed by atoms with van der Waals surface area (Å²) in [6.07, 6.45) is 5.33. The summed E-state index contributed by atoms with van der Waals surface area (Å²) < 4.78 is 0. The molecule has 1 aliphatic rings. The van der Waals surface area contributed by atoms with Crippen LogP contribution in [0.1, 0.15) is 59.3 Å². The molecule has 0 spiro atoms. The summed E-state index contributed by atoms with van der Waals surface area (Å²) in [6, 6.07) is 9.89. The predicted octanol–water partition coefficient (Wildman–Crippen LogP) is 4.49. The van der Waals surface area contributed by atoms with E-state index in [1.165, 1.54) is 0 Å². The summed E-state index contributed by atoms with van der Waals surface area (Å²) in [5.41, 5.74) is 0.968. The first kappa shape index (κ1) is 20.5. The fourth-order valence-electron chi connectivity index (χ4n) is 4.01. The molecule has 0 saturated heterocycles. The van der Waals surface area contributed by atoms with Gasteiger partial charge in [0.25, 0.3) is 0 Å². The zero-order valence-corrected chi connectivity index (χ0v) is 16.6. The minimum atomic E-state index is 0.0463. The number of carbonyl (C=O) groups is 2. The molecule has 2 rings (SSSR count). The van der Waals surface area contributed by atoms with Gasteiger partial charge in [-0.05, 0) is 57.6 Å². The predicted molar refractivity (Wildman–Crippen MR) is 107 cm³/mol. The summed E-state index contributed by atoms with van der Waals surface area (Å²) >= 11 is 0. The SMILES string of the molecule is CCCN(CCC)C(=O)C1CCC(C(=O)N(CC)c2ccccc2)CC1. The van der Waals surface area contributed by atoms with E-state index in [1.54, 1.807) is 0 Å². The lowest BCUT2D eigenvalue weighted by molar-refractivity contribution is -0.138. The zero-order valence-electron chi connectivity index (χ0n) is 16.6. The average molecular weight is 359 g/mol. The minimum absolute atomic E-state index is 0.0463. The average Bonchev–Trinajstić information content (AvgIpc) is 2.69. The fraction of sp³-hybridized carbons (Fsp3) is 0.636. The summed E-state index contributed by atoms with van der Waals surface area (Å²) in [7, 11) is 0. The molecular weight excluding hydrogens is 324 g/mol. The highest BCUT2D eigenvalue weighted by molar-refractivity contribution is 5.95. The Morgan fingerprint density at radius 3 is 1.81 bits per heavy atom. The Kier molecular flexibility index (Phi) is 8.14. The second kappa shape index (κ2) is 10.3. The molecule has 1 aliphatic carbocycles. The Balaban J connectivity index is 1.94. The molecule has 144 valence electrons. The van der Waals surface area contributed by atoms with Crippen molar-refractivity contribution in [3.63, 3.8) is 0 Å². The van der Waals surface area contributed by atoms with Crippen LogP contribution in [0.4, 0.5) is 5.69 Å². The topological polar surface area (TPSA) is 40.6 Å². The molecule has 4 heteroatoms. The number of hydrogen-bond donors (Lipinski definition) is 0. The van der Waals surface area contributed by atoms with Crippen molar-refractivity contribution in [3.8, 4) is 0 Å². The van der Waals surface area contributed by atoms with Crippen LogP contribution in [-0.2, 0) is 9.59 Å². The quantitative estimate of drug-likeness (QED) is 0.687. The number of nitrogens with zero attached hydrogens (tertiary/aromatic N) is 2. The Labute approximate surface area is 158 Å². The van der Waals surface area contributed by atoms with Crippen molar-refractivity contribution in [2.24, 2.45) is 11.8 Å². The molecule has 0 radical (unpaired) electrons. The number of para-hydroxylation sites is 1. The van der Waals surface area contributed by atoms with Gasteiger partial charge in [-0.3, -0.25) is 9.59 Å². The Hall–Kier alpha value is -1.84.